The van der Waals surface area contributed by atoms with E-state index in [1.165, 1.54) is 12.1 Å². The maximum Gasteiger partial charge on any atom is 0.242 e. The highest BCUT2D eigenvalue weighted by Crippen LogP contribution is 2.22. The summed E-state index contributed by atoms with van der Waals surface area (Å²) in [7, 11) is 5.19. The normalized spacial score (nSPS) is 12.1. The molecule has 1 N–H and O–H groups in total. The Morgan fingerprint density at radius 1 is 1.28 bits per heavy atom. The Kier molecular flexibility index (Phi) is 6.09. The third kappa shape index (κ3) is 4.54. The number of carbonyl (C=O) groups is 1. The van der Waals surface area contributed by atoms with Crippen molar-refractivity contribution in [2.75, 3.05) is 21.2 Å². The van der Waals surface area contributed by atoms with Gasteiger partial charge in [0.1, 0.15) is 11.9 Å². The number of rotatable bonds is 6. The van der Waals surface area contributed by atoms with E-state index in [0.29, 0.717) is 12.4 Å². The zero-order chi connectivity index (χ0) is 18.6. The van der Waals surface area contributed by atoms with Gasteiger partial charge in [-0.1, -0.05) is 12.1 Å². The number of methoxy groups -OCH3 is 1. The van der Waals surface area contributed by atoms with Gasteiger partial charge in [-0.2, -0.15) is 0 Å². The van der Waals surface area contributed by atoms with E-state index in [9.17, 15) is 9.18 Å². The fourth-order valence-electron chi connectivity index (χ4n) is 2.81. The number of carbonyl (C=O) groups excluding carboxylic acids is 1. The standard InChI is InChI=1S/C19H24FN3O2/c1-12-10-13(2)22-19(25-5)16(12)11-21-18(24)17(23(3)4)14-6-8-15(20)9-7-14/h6-10,17H,11H2,1-5H3,(H,21,24)/t17-/m1/s1. The SMILES string of the molecule is COc1nc(C)cc(C)c1CNC(=O)[C@@H](c1ccc(F)cc1)N(C)C. The van der Waals surface area contributed by atoms with E-state index in [1.807, 2.05) is 34.0 Å². The van der Waals surface area contributed by atoms with Crippen LogP contribution >= 0.6 is 0 Å². The lowest BCUT2D eigenvalue weighted by Gasteiger charge is -2.24. The number of likely N-dealkylation sites (N-methyl/N-ethyl adjacent to an activating group) is 1. The van der Waals surface area contributed by atoms with E-state index in [0.717, 1.165) is 22.4 Å². The summed E-state index contributed by atoms with van der Waals surface area (Å²) >= 11 is 0. The van der Waals surface area contributed by atoms with Gasteiger partial charge in [0.25, 0.3) is 0 Å². The van der Waals surface area contributed by atoms with Crippen LogP contribution in [0.5, 0.6) is 5.88 Å². The van der Waals surface area contributed by atoms with E-state index in [1.54, 1.807) is 24.1 Å². The average Bonchev–Trinajstić information content (AvgIpc) is 2.55. The number of hydrogen-bond donors (Lipinski definition) is 1. The van der Waals surface area contributed by atoms with Crippen LogP contribution in [0.4, 0.5) is 4.39 Å². The van der Waals surface area contributed by atoms with Gasteiger partial charge < -0.3 is 10.1 Å². The van der Waals surface area contributed by atoms with Crippen LogP contribution in [-0.2, 0) is 11.3 Å². The summed E-state index contributed by atoms with van der Waals surface area (Å²) in [6, 6.07) is 7.41. The molecule has 0 fully saturated rings. The van der Waals surface area contributed by atoms with Gasteiger partial charge in [-0.3, -0.25) is 9.69 Å². The smallest absolute Gasteiger partial charge is 0.242 e. The van der Waals surface area contributed by atoms with Gasteiger partial charge in [0.15, 0.2) is 0 Å². The number of aromatic nitrogens is 1. The molecule has 1 aromatic heterocycles. The minimum Gasteiger partial charge on any atom is -0.481 e. The Hall–Kier alpha value is -2.47. The predicted octanol–water partition coefficient (Wildman–Crippen LogP) is 2.77. The number of hydrogen-bond acceptors (Lipinski definition) is 4. The predicted molar refractivity (Wildman–Crippen MR) is 94.9 cm³/mol. The molecule has 2 rings (SSSR count). The zero-order valence-corrected chi connectivity index (χ0v) is 15.3. The Balaban J connectivity index is 2.19. The van der Waals surface area contributed by atoms with Gasteiger partial charge in [0.2, 0.25) is 11.8 Å². The second kappa shape index (κ2) is 8.07. The Morgan fingerprint density at radius 2 is 1.92 bits per heavy atom. The van der Waals surface area contributed by atoms with E-state index < -0.39 is 6.04 Å². The molecular formula is C19H24FN3O2. The first-order valence-electron chi connectivity index (χ1n) is 8.04. The van der Waals surface area contributed by atoms with Crippen molar-refractivity contribution in [3.05, 3.63) is 58.5 Å². The molecule has 0 aliphatic rings. The summed E-state index contributed by atoms with van der Waals surface area (Å²) in [6.45, 7) is 4.17. The summed E-state index contributed by atoms with van der Waals surface area (Å²) in [5, 5.41) is 2.93. The molecule has 1 atom stereocenters. The first kappa shape index (κ1) is 18.9. The fourth-order valence-corrected chi connectivity index (χ4v) is 2.81. The number of ether oxygens (including phenoxy) is 1. The van der Waals surface area contributed by atoms with Gasteiger partial charge >= 0.3 is 0 Å². The first-order valence-corrected chi connectivity index (χ1v) is 8.04. The van der Waals surface area contributed by atoms with Crippen LogP contribution in [0.15, 0.2) is 30.3 Å². The quantitative estimate of drug-likeness (QED) is 0.875. The van der Waals surface area contributed by atoms with Crippen molar-refractivity contribution >= 4 is 5.91 Å². The molecule has 2 aromatic rings. The third-order valence-electron chi connectivity index (χ3n) is 4.02. The molecule has 0 bridgehead atoms. The molecular weight excluding hydrogens is 321 g/mol. The van der Waals surface area contributed by atoms with Crippen LogP contribution in [0.25, 0.3) is 0 Å². The zero-order valence-electron chi connectivity index (χ0n) is 15.3. The average molecular weight is 345 g/mol. The molecule has 1 aromatic carbocycles. The van der Waals surface area contributed by atoms with Crippen LogP contribution in [0.3, 0.4) is 0 Å². The van der Waals surface area contributed by atoms with Crippen LogP contribution in [0.2, 0.25) is 0 Å². The highest BCUT2D eigenvalue weighted by atomic mass is 19.1. The van der Waals surface area contributed by atoms with Crippen molar-refractivity contribution in [1.82, 2.24) is 15.2 Å². The van der Waals surface area contributed by atoms with Gasteiger partial charge in [-0.05, 0) is 57.3 Å². The van der Waals surface area contributed by atoms with Crippen LogP contribution in [0.1, 0.15) is 28.4 Å². The maximum absolute atomic E-state index is 13.1. The number of aryl methyl sites for hydroxylation is 2. The fraction of sp³-hybridized carbons (Fsp3) is 0.368. The second-order valence-corrected chi connectivity index (χ2v) is 6.20. The lowest BCUT2D eigenvalue weighted by atomic mass is 10.0. The summed E-state index contributed by atoms with van der Waals surface area (Å²) < 4.78 is 18.5. The van der Waals surface area contributed by atoms with Crippen molar-refractivity contribution in [2.24, 2.45) is 0 Å². The molecule has 0 saturated heterocycles. The van der Waals surface area contributed by atoms with Crippen LogP contribution in [0, 0.1) is 19.7 Å². The Labute approximate surface area is 147 Å². The molecule has 0 aliphatic carbocycles. The molecule has 0 spiro atoms. The minimum absolute atomic E-state index is 0.168. The van der Waals surface area contributed by atoms with Crippen molar-refractivity contribution < 1.29 is 13.9 Å². The second-order valence-electron chi connectivity index (χ2n) is 6.20. The molecule has 25 heavy (non-hydrogen) atoms. The largest absolute Gasteiger partial charge is 0.481 e. The number of halogens is 1. The monoisotopic (exact) mass is 345 g/mol. The van der Waals surface area contributed by atoms with Crippen LogP contribution in [-0.4, -0.2) is 37.0 Å². The highest BCUT2D eigenvalue weighted by Gasteiger charge is 2.23. The number of benzene rings is 1. The van der Waals surface area contributed by atoms with E-state index in [4.69, 9.17) is 4.74 Å². The van der Waals surface area contributed by atoms with Gasteiger partial charge in [0.05, 0.1) is 7.11 Å². The van der Waals surface area contributed by atoms with Crippen molar-refractivity contribution in [1.29, 1.82) is 0 Å². The van der Waals surface area contributed by atoms with Gasteiger partial charge in [-0.15, -0.1) is 0 Å². The topological polar surface area (TPSA) is 54.5 Å². The maximum atomic E-state index is 13.1. The minimum atomic E-state index is -0.509. The van der Waals surface area contributed by atoms with Crippen molar-refractivity contribution in [3.8, 4) is 5.88 Å². The van der Waals surface area contributed by atoms with E-state index >= 15 is 0 Å². The summed E-state index contributed by atoms with van der Waals surface area (Å²) in [5.41, 5.74) is 3.45. The van der Waals surface area contributed by atoms with Gasteiger partial charge in [0, 0.05) is 17.8 Å². The molecule has 134 valence electrons. The molecule has 0 saturated carbocycles. The molecule has 0 radical (unpaired) electrons. The molecule has 1 amide bonds. The Morgan fingerprint density at radius 3 is 2.48 bits per heavy atom. The summed E-state index contributed by atoms with van der Waals surface area (Å²) in [4.78, 5) is 18.9. The highest BCUT2D eigenvalue weighted by molar-refractivity contribution is 5.83. The lowest BCUT2D eigenvalue weighted by Crippen LogP contribution is -2.37. The van der Waals surface area contributed by atoms with E-state index in [-0.39, 0.29) is 11.7 Å². The number of nitrogens with one attached hydrogen (secondary N) is 1. The Bertz CT molecular complexity index is 745. The molecule has 0 unspecified atom stereocenters. The molecule has 5 nitrogen and oxygen atoms in total. The first-order chi connectivity index (χ1) is 11.8. The van der Waals surface area contributed by atoms with Gasteiger partial charge in [-0.25, -0.2) is 9.37 Å². The summed E-state index contributed by atoms with van der Waals surface area (Å²) in [5.74, 6) is 0.0207. The molecule has 6 heteroatoms. The van der Waals surface area contributed by atoms with Crippen molar-refractivity contribution in [3.63, 3.8) is 0 Å². The number of nitrogens with zero attached hydrogens (tertiary/aromatic N) is 2. The van der Waals surface area contributed by atoms with Crippen molar-refractivity contribution in [2.45, 2.75) is 26.4 Å². The lowest BCUT2D eigenvalue weighted by molar-refractivity contribution is -0.125. The number of pyridine rings is 1. The van der Waals surface area contributed by atoms with E-state index in [2.05, 4.69) is 10.3 Å². The molecule has 1 heterocycles. The third-order valence-corrected chi connectivity index (χ3v) is 4.02. The number of amides is 1. The summed E-state index contributed by atoms with van der Waals surface area (Å²) in [6.07, 6.45) is 0. The van der Waals surface area contributed by atoms with Crippen LogP contribution < -0.4 is 10.1 Å². The molecule has 0 aliphatic heterocycles.